The van der Waals surface area contributed by atoms with Crippen molar-refractivity contribution in [1.29, 1.82) is 0 Å². The molecule has 1 N–H and O–H groups in total. The highest BCUT2D eigenvalue weighted by atomic mass is 16.7. The molecule has 1 aromatic heterocycles. The topological polar surface area (TPSA) is 99.4 Å². The summed E-state index contributed by atoms with van der Waals surface area (Å²) in [6, 6.07) is 5.16. The maximum absolute atomic E-state index is 10.7. The van der Waals surface area contributed by atoms with E-state index in [1.54, 1.807) is 18.2 Å². The summed E-state index contributed by atoms with van der Waals surface area (Å²) in [5.41, 5.74) is 0.625. The van der Waals surface area contributed by atoms with Crippen molar-refractivity contribution in [1.82, 2.24) is 20.2 Å². The Morgan fingerprint density at radius 1 is 1.39 bits per heavy atom. The van der Waals surface area contributed by atoms with Gasteiger partial charge in [-0.05, 0) is 22.6 Å². The van der Waals surface area contributed by atoms with Crippen molar-refractivity contribution in [2.24, 2.45) is 0 Å². The summed E-state index contributed by atoms with van der Waals surface area (Å²) in [5.74, 6) is 0.490. The minimum absolute atomic E-state index is 0.177. The van der Waals surface area contributed by atoms with Gasteiger partial charge in [0.05, 0.1) is 5.69 Å². The van der Waals surface area contributed by atoms with E-state index in [-0.39, 0.29) is 19.0 Å². The van der Waals surface area contributed by atoms with Gasteiger partial charge in [-0.1, -0.05) is 0 Å². The number of tetrazole rings is 1. The van der Waals surface area contributed by atoms with E-state index in [1.807, 2.05) is 0 Å². The number of ether oxygens (including phenoxy) is 2. The first-order valence-electron chi connectivity index (χ1n) is 5.13. The summed E-state index contributed by atoms with van der Waals surface area (Å²) < 4.78 is 11.8. The molecule has 0 aliphatic carbocycles. The number of nitrogens with zero attached hydrogens (tertiary/aromatic N) is 4. The highest BCUT2D eigenvalue weighted by molar-refractivity contribution is 5.69. The van der Waals surface area contributed by atoms with Gasteiger partial charge in [-0.2, -0.15) is 4.68 Å². The normalized spacial score (nSPS) is 12.7. The summed E-state index contributed by atoms with van der Waals surface area (Å²) in [4.78, 5) is 10.7. The smallest absolute Gasteiger partial charge is 0.311 e. The molecule has 2 heterocycles. The fourth-order valence-corrected chi connectivity index (χ4v) is 1.67. The van der Waals surface area contributed by atoms with Crippen LogP contribution in [0.4, 0.5) is 0 Å². The molecule has 0 bridgehead atoms. The minimum Gasteiger partial charge on any atom is -0.481 e. The summed E-state index contributed by atoms with van der Waals surface area (Å²) in [6.07, 6.45) is -0.249. The number of hydrogen-bond donors (Lipinski definition) is 1. The Hall–Kier alpha value is -2.64. The monoisotopic (exact) mass is 248 g/mol. The minimum atomic E-state index is -0.994. The third-order valence-corrected chi connectivity index (χ3v) is 2.44. The molecule has 0 amide bonds. The van der Waals surface area contributed by atoms with Crippen molar-refractivity contribution in [3.8, 4) is 17.2 Å². The lowest BCUT2D eigenvalue weighted by Crippen LogP contribution is -2.09. The summed E-state index contributed by atoms with van der Waals surface area (Å²) in [5, 5.41) is 19.7. The lowest BCUT2D eigenvalue weighted by atomic mass is 10.2. The van der Waals surface area contributed by atoms with Crippen LogP contribution in [0.25, 0.3) is 5.69 Å². The van der Waals surface area contributed by atoms with Gasteiger partial charge in [0.25, 0.3) is 0 Å². The van der Waals surface area contributed by atoms with Crippen molar-refractivity contribution in [2.45, 2.75) is 6.42 Å². The van der Waals surface area contributed by atoms with Crippen LogP contribution in [0, 0.1) is 0 Å². The Morgan fingerprint density at radius 2 is 2.22 bits per heavy atom. The molecule has 1 aromatic carbocycles. The van der Waals surface area contributed by atoms with Crippen molar-refractivity contribution in [3.63, 3.8) is 0 Å². The molecule has 1 aliphatic rings. The molecular weight excluding hydrogens is 240 g/mol. The summed E-state index contributed by atoms with van der Waals surface area (Å²) >= 11 is 0. The first-order valence-corrected chi connectivity index (χ1v) is 5.13. The number of rotatable bonds is 3. The van der Waals surface area contributed by atoms with Gasteiger partial charge in [0.15, 0.2) is 17.3 Å². The first kappa shape index (κ1) is 10.5. The Labute approximate surface area is 101 Å². The molecule has 3 rings (SSSR count). The van der Waals surface area contributed by atoms with Crippen LogP contribution in [0.3, 0.4) is 0 Å². The van der Waals surface area contributed by atoms with E-state index in [0.717, 1.165) is 0 Å². The van der Waals surface area contributed by atoms with Crippen molar-refractivity contribution in [3.05, 3.63) is 24.0 Å². The van der Waals surface area contributed by atoms with Crippen LogP contribution >= 0.6 is 0 Å². The number of carbonyl (C=O) groups is 1. The van der Waals surface area contributed by atoms with Crippen LogP contribution in [0.15, 0.2) is 18.2 Å². The Bertz CT molecular complexity index is 610. The predicted molar refractivity (Wildman–Crippen MR) is 56.6 cm³/mol. The van der Waals surface area contributed by atoms with Gasteiger partial charge in [-0.25, -0.2) is 0 Å². The lowest BCUT2D eigenvalue weighted by molar-refractivity contribution is -0.136. The molecule has 0 radical (unpaired) electrons. The maximum Gasteiger partial charge on any atom is 0.311 e. The van der Waals surface area contributed by atoms with Crippen LogP contribution in [0.2, 0.25) is 0 Å². The molecule has 0 spiro atoms. The second kappa shape index (κ2) is 3.99. The summed E-state index contributed by atoms with van der Waals surface area (Å²) in [6.45, 7) is 0.177. The van der Waals surface area contributed by atoms with E-state index in [0.29, 0.717) is 17.2 Å². The third kappa shape index (κ3) is 1.73. The molecule has 18 heavy (non-hydrogen) atoms. The molecule has 0 fully saturated rings. The predicted octanol–water partition coefficient (Wildman–Crippen LogP) is 0.0181. The Balaban J connectivity index is 1.99. The molecule has 0 unspecified atom stereocenters. The van der Waals surface area contributed by atoms with Crippen molar-refractivity contribution in [2.75, 3.05) is 6.79 Å². The molecule has 8 heteroatoms. The first-order chi connectivity index (χ1) is 8.74. The largest absolute Gasteiger partial charge is 0.481 e. The standard InChI is InChI=1S/C10H8N4O4/c15-10(16)4-9-11-12-13-14(9)6-1-2-7-8(3-6)18-5-17-7/h1-3H,4-5H2,(H,15,16). The van der Waals surface area contributed by atoms with E-state index in [1.165, 1.54) is 4.68 Å². The lowest BCUT2D eigenvalue weighted by Gasteiger charge is -2.04. The summed E-state index contributed by atoms with van der Waals surface area (Å²) in [7, 11) is 0. The fraction of sp³-hybridized carbons (Fsp3) is 0.200. The average molecular weight is 248 g/mol. The number of carboxylic acids is 1. The number of aromatic nitrogens is 4. The molecule has 92 valence electrons. The van der Waals surface area contributed by atoms with Gasteiger partial charge in [-0.3, -0.25) is 4.79 Å². The fourth-order valence-electron chi connectivity index (χ4n) is 1.67. The highest BCUT2D eigenvalue weighted by Gasteiger charge is 2.17. The van der Waals surface area contributed by atoms with Crippen LogP contribution in [-0.4, -0.2) is 38.1 Å². The Morgan fingerprint density at radius 3 is 3.06 bits per heavy atom. The number of fused-ring (bicyclic) bond motifs is 1. The Kier molecular flexibility index (Phi) is 2.33. The quantitative estimate of drug-likeness (QED) is 0.817. The molecule has 0 atom stereocenters. The zero-order chi connectivity index (χ0) is 12.5. The van der Waals surface area contributed by atoms with E-state index in [9.17, 15) is 4.79 Å². The zero-order valence-electron chi connectivity index (χ0n) is 9.11. The van der Waals surface area contributed by atoms with Crippen LogP contribution in [0.5, 0.6) is 11.5 Å². The van der Waals surface area contributed by atoms with Crippen molar-refractivity contribution < 1.29 is 19.4 Å². The van der Waals surface area contributed by atoms with Gasteiger partial charge in [-0.15, -0.1) is 5.10 Å². The van der Waals surface area contributed by atoms with Crippen molar-refractivity contribution >= 4 is 5.97 Å². The van der Waals surface area contributed by atoms with E-state index in [4.69, 9.17) is 14.6 Å². The second-order valence-electron chi connectivity index (χ2n) is 3.61. The number of benzene rings is 1. The maximum atomic E-state index is 10.7. The van der Waals surface area contributed by atoms with Gasteiger partial charge in [0, 0.05) is 6.07 Å². The number of aliphatic carboxylic acids is 1. The SMILES string of the molecule is O=C(O)Cc1nnnn1-c1ccc2c(c1)OCO2. The third-order valence-electron chi connectivity index (χ3n) is 2.44. The molecular formula is C10H8N4O4. The average Bonchev–Trinajstić information content (AvgIpc) is 2.95. The van der Waals surface area contributed by atoms with E-state index < -0.39 is 5.97 Å². The molecule has 1 aliphatic heterocycles. The van der Waals surface area contributed by atoms with Gasteiger partial charge in [0.2, 0.25) is 6.79 Å². The zero-order valence-corrected chi connectivity index (χ0v) is 9.11. The highest BCUT2D eigenvalue weighted by Crippen LogP contribution is 2.33. The van der Waals surface area contributed by atoms with E-state index in [2.05, 4.69) is 15.5 Å². The second-order valence-corrected chi connectivity index (χ2v) is 3.61. The van der Waals surface area contributed by atoms with Crippen LogP contribution in [0.1, 0.15) is 5.82 Å². The van der Waals surface area contributed by atoms with Gasteiger partial charge in [0.1, 0.15) is 6.42 Å². The molecule has 8 nitrogen and oxygen atoms in total. The number of carboxylic acid groups (broad SMARTS) is 1. The number of hydrogen-bond acceptors (Lipinski definition) is 6. The van der Waals surface area contributed by atoms with Crippen LogP contribution < -0.4 is 9.47 Å². The van der Waals surface area contributed by atoms with E-state index >= 15 is 0 Å². The molecule has 0 saturated carbocycles. The van der Waals surface area contributed by atoms with Gasteiger partial charge < -0.3 is 14.6 Å². The molecule has 0 saturated heterocycles. The van der Waals surface area contributed by atoms with Crippen LogP contribution in [-0.2, 0) is 11.2 Å². The molecule has 2 aromatic rings. The van der Waals surface area contributed by atoms with Gasteiger partial charge >= 0.3 is 5.97 Å².